The van der Waals surface area contributed by atoms with Crippen molar-refractivity contribution in [3.8, 4) is 0 Å². The highest BCUT2D eigenvalue weighted by molar-refractivity contribution is 5.78. The fourth-order valence-electron chi connectivity index (χ4n) is 5.11. The molecule has 0 saturated heterocycles. The lowest BCUT2D eigenvalue weighted by molar-refractivity contribution is 0.411. The van der Waals surface area contributed by atoms with Crippen LogP contribution in [0.1, 0.15) is 51.4 Å². The molecule has 0 heterocycles. The Bertz CT molecular complexity index is 343. The van der Waals surface area contributed by atoms with Gasteiger partial charge in [-0.2, -0.15) is 0 Å². The first-order chi connectivity index (χ1) is 8.83. The maximum Gasteiger partial charge on any atom is 0.189 e. The minimum atomic E-state index is 0.590. The van der Waals surface area contributed by atoms with E-state index in [-0.39, 0.29) is 0 Å². The van der Waals surface area contributed by atoms with E-state index in [0.717, 1.165) is 29.6 Å². The van der Waals surface area contributed by atoms with Crippen molar-refractivity contribution in [2.45, 2.75) is 63.5 Å². The molecule has 4 atom stereocenters. The third kappa shape index (κ3) is 1.74. The number of rotatable bonds is 2. The molecule has 0 aromatic heterocycles. The second-order valence-corrected chi connectivity index (χ2v) is 6.97. The molecule has 4 aliphatic rings. The fourth-order valence-corrected chi connectivity index (χ4v) is 5.11. The van der Waals surface area contributed by atoms with E-state index in [1.165, 1.54) is 51.4 Å². The number of guanidine groups is 1. The van der Waals surface area contributed by atoms with Crippen molar-refractivity contribution >= 4 is 5.96 Å². The second-order valence-electron chi connectivity index (χ2n) is 6.97. The molecule has 0 amide bonds. The lowest BCUT2D eigenvalue weighted by Gasteiger charge is -2.23. The number of hydrogen-bond donors (Lipinski definition) is 2. The largest absolute Gasteiger partial charge is 0.370 e. The minimum Gasteiger partial charge on any atom is -0.370 e. The van der Waals surface area contributed by atoms with Crippen molar-refractivity contribution < 1.29 is 0 Å². The molecule has 3 N–H and O–H groups in total. The van der Waals surface area contributed by atoms with Crippen LogP contribution in [0.5, 0.6) is 0 Å². The van der Waals surface area contributed by atoms with E-state index in [0.29, 0.717) is 12.1 Å². The van der Waals surface area contributed by atoms with Gasteiger partial charge >= 0.3 is 0 Å². The first-order valence-electron chi connectivity index (χ1n) is 7.93. The van der Waals surface area contributed by atoms with Crippen LogP contribution in [0.25, 0.3) is 0 Å². The van der Waals surface area contributed by atoms with Crippen molar-refractivity contribution in [2.24, 2.45) is 34.4 Å². The first-order valence-corrected chi connectivity index (χ1v) is 7.93. The quantitative estimate of drug-likeness (QED) is 0.581. The van der Waals surface area contributed by atoms with Crippen molar-refractivity contribution in [3.63, 3.8) is 0 Å². The number of nitrogens with zero attached hydrogens (tertiary/aromatic N) is 1. The van der Waals surface area contributed by atoms with Gasteiger partial charge in [0.25, 0.3) is 0 Å². The summed E-state index contributed by atoms with van der Waals surface area (Å²) in [6.45, 7) is 0. The highest BCUT2D eigenvalue weighted by atomic mass is 15.1. The Labute approximate surface area is 110 Å². The third-order valence-corrected chi connectivity index (χ3v) is 5.94. The Balaban J connectivity index is 1.35. The number of nitrogens with one attached hydrogen (secondary N) is 1. The molecular formula is C15H25N3. The van der Waals surface area contributed by atoms with Crippen LogP contribution in [0.15, 0.2) is 4.99 Å². The highest BCUT2D eigenvalue weighted by Gasteiger charge is 2.65. The molecule has 2 bridgehead atoms. The summed E-state index contributed by atoms with van der Waals surface area (Å²) in [5.41, 5.74) is 6.10. The van der Waals surface area contributed by atoms with E-state index in [4.69, 9.17) is 10.7 Å². The molecule has 4 rings (SSSR count). The summed E-state index contributed by atoms with van der Waals surface area (Å²) < 4.78 is 0. The SMILES string of the molecule is NC(=NC1C2C3CCC(C3)C12)NC1CCCCC1. The maximum absolute atomic E-state index is 6.10. The van der Waals surface area contributed by atoms with Gasteiger partial charge in [-0.25, -0.2) is 4.99 Å². The van der Waals surface area contributed by atoms with Crippen LogP contribution < -0.4 is 11.1 Å². The highest BCUT2D eigenvalue weighted by Crippen LogP contribution is 2.66. The van der Waals surface area contributed by atoms with E-state index < -0.39 is 0 Å². The standard InChI is InChI=1S/C15H25N3/c16-15(17-11-4-2-1-3-5-11)18-14-12-9-6-7-10(8-9)13(12)14/h9-14H,1-8H2,(H3,16,17,18). The molecule has 3 nitrogen and oxygen atoms in total. The summed E-state index contributed by atoms with van der Waals surface area (Å²) in [5.74, 6) is 4.55. The van der Waals surface area contributed by atoms with Gasteiger partial charge in [-0.1, -0.05) is 19.3 Å². The van der Waals surface area contributed by atoms with Crippen LogP contribution in [-0.4, -0.2) is 18.0 Å². The zero-order chi connectivity index (χ0) is 12.1. The maximum atomic E-state index is 6.10. The summed E-state index contributed by atoms with van der Waals surface area (Å²) in [5, 5.41) is 3.46. The molecule has 18 heavy (non-hydrogen) atoms. The van der Waals surface area contributed by atoms with E-state index in [9.17, 15) is 0 Å². The van der Waals surface area contributed by atoms with Gasteiger partial charge in [0.1, 0.15) is 0 Å². The molecule has 0 aromatic rings. The summed E-state index contributed by atoms with van der Waals surface area (Å²) in [6, 6.07) is 1.19. The topological polar surface area (TPSA) is 50.4 Å². The number of hydrogen-bond acceptors (Lipinski definition) is 1. The molecule has 4 aliphatic carbocycles. The number of nitrogens with two attached hydrogens (primary N) is 1. The first kappa shape index (κ1) is 11.1. The average Bonchev–Trinajstić information content (AvgIpc) is 2.79. The second kappa shape index (κ2) is 4.14. The molecule has 0 spiro atoms. The van der Waals surface area contributed by atoms with E-state index in [1.807, 2.05) is 0 Å². The van der Waals surface area contributed by atoms with Crippen molar-refractivity contribution in [1.29, 1.82) is 0 Å². The van der Waals surface area contributed by atoms with Crippen LogP contribution in [-0.2, 0) is 0 Å². The fraction of sp³-hybridized carbons (Fsp3) is 0.933. The van der Waals surface area contributed by atoms with Gasteiger partial charge in [0.2, 0.25) is 0 Å². The molecule has 0 radical (unpaired) electrons. The predicted octanol–water partition coefficient (Wildman–Crippen LogP) is 2.27. The van der Waals surface area contributed by atoms with Crippen LogP contribution in [0.3, 0.4) is 0 Å². The molecule has 100 valence electrons. The Morgan fingerprint density at radius 2 is 1.61 bits per heavy atom. The zero-order valence-electron chi connectivity index (χ0n) is 11.1. The van der Waals surface area contributed by atoms with Gasteiger partial charge in [-0.3, -0.25) is 0 Å². The third-order valence-electron chi connectivity index (χ3n) is 5.94. The van der Waals surface area contributed by atoms with Gasteiger partial charge in [-0.05, 0) is 55.8 Å². The molecule has 4 fully saturated rings. The summed E-state index contributed by atoms with van der Waals surface area (Å²) >= 11 is 0. The van der Waals surface area contributed by atoms with Gasteiger partial charge in [-0.15, -0.1) is 0 Å². The van der Waals surface area contributed by atoms with Crippen molar-refractivity contribution in [3.05, 3.63) is 0 Å². The van der Waals surface area contributed by atoms with Gasteiger partial charge in [0.05, 0.1) is 6.04 Å². The molecule has 4 unspecified atom stereocenters. The van der Waals surface area contributed by atoms with Gasteiger partial charge < -0.3 is 11.1 Å². The summed E-state index contributed by atoms with van der Waals surface area (Å²) in [6.07, 6.45) is 11.1. The molecule has 0 aromatic carbocycles. The number of aliphatic imine (C=N–C) groups is 1. The van der Waals surface area contributed by atoms with Crippen molar-refractivity contribution in [1.82, 2.24) is 5.32 Å². The summed E-state index contributed by atoms with van der Waals surface area (Å²) in [4.78, 5) is 4.79. The Hall–Kier alpha value is -0.730. The molecule has 0 aliphatic heterocycles. The van der Waals surface area contributed by atoms with E-state index in [2.05, 4.69) is 5.32 Å². The van der Waals surface area contributed by atoms with Gasteiger partial charge in [0.15, 0.2) is 5.96 Å². The molecule has 3 heteroatoms. The number of fused-ring (bicyclic) bond motifs is 5. The monoisotopic (exact) mass is 247 g/mol. The minimum absolute atomic E-state index is 0.590. The Kier molecular flexibility index (Phi) is 2.56. The predicted molar refractivity (Wildman–Crippen MR) is 73.2 cm³/mol. The Morgan fingerprint density at radius 1 is 0.944 bits per heavy atom. The smallest absolute Gasteiger partial charge is 0.189 e. The van der Waals surface area contributed by atoms with Gasteiger partial charge in [0, 0.05) is 6.04 Å². The van der Waals surface area contributed by atoms with Crippen LogP contribution in [0.4, 0.5) is 0 Å². The average molecular weight is 247 g/mol. The normalized spacial score (nSPS) is 47.1. The summed E-state index contributed by atoms with van der Waals surface area (Å²) in [7, 11) is 0. The Morgan fingerprint density at radius 3 is 2.28 bits per heavy atom. The van der Waals surface area contributed by atoms with Crippen LogP contribution in [0.2, 0.25) is 0 Å². The lowest BCUT2D eigenvalue weighted by atomic mass is 9.96. The zero-order valence-corrected chi connectivity index (χ0v) is 11.1. The molecule has 4 saturated carbocycles. The lowest BCUT2D eigenvalue weighted by Crippen LogP contribution is -2.41. The van der Waals surface area contributed by atoms with E-state index >= 15 is 0 Å². The van der Waals surface area contributed by atoms with Crippen LogP contribution in [0, 0.1) is 23.7 Å². The van der Waals surface area contributed by atoms with Crippen molar-refractivity contribution in [2.75, 3.05) is 0 Å². The van der Waals surface area contributed by atoms with Crippen LogP contribution >= 0.6 is 0 Å². The molecular weight excluding hydrogens is 222 g/mol. The van der Waals surface area contributed by atoms with E-state index in [1.54, 1.807) is 0 Å².